The highest BCUT2D eigenvalue weighted by atomic mass is 35.5. The van der Waals surface area contributed by atoms with E-state index in [0.717, 1.165) is 60.3 Å². The maximum Gasteiger partial charge on any atom is 0.248 e. The maximum atomic E-state index is 11.3. The molecule has 0 bridgehead atoms. The molecular weight excluding hydrogens is 562 g/mol. The first-order valence-electron chi connectivity index (χ1n) is 14.0. The largest absolute Gasteiger partial charge is 0.438 e. The molecule has 3 N–H and O–H groups in total. The maximum absolute atomic E-state index is 11.3. The number of pyridine rings is 1. The van der Waals surface area contributed by atoms with Crippen molar-refractivity contribution in [1.82, 2.24) is 19.9 Å². The van der Waals surface area contributed by atoms with E-state index in [9.17, 15) is 4.79 Å². The van der Waals surface area contributed by atoms with Crippen LogP contribution < -0.4 is 15.8 Å². The highest BCUT2D eigenvalue weighted by molar-refractivity contribution is 6.29. The van der Waals surface area contributed by atoms with Crippen molar-refractivity contribution in [3.8, 4) is 28.8 Å². The zero-order valence-electron chi connectivity index (χ0n) is 24.0. The van der Waals surface area contributed by atoms with E-state index in [1.54, 1.807) is 36.7 Å². The molecule has 9 nitrogen and oxygen atoms in total. The molecule has 2 aromatic carbocycles. The second-order valence-corrected chi connectivity index (χ2v) is 11.0. The van der Waals surface area contributed by atoms with Gasteiger partial charge in [-0.05, 0) is 97.0 Å². The number of likely N-dealkylation sites (tertiary alicyclic amines) is 1. The van der Waals surface area contributed by atoms with Crippen LogP contribution >= 0.6 is 11.6 Å². The molecule has 0 radical (unpaired) electrons. The zero-order valence-corrected chi connectivity index (χ0v) is 24.8. The highest BCUT2D eigenvalue weighted by Gasteiger charge is 2.22. The molecule has 1 amide bonds. The average molecular weight is 594 g/mol. The van der Waals surface area contributed by atoms with Gasteiger partial charge in [0.1, 0.15) is 10.9 Å². The van der Waals surface area contributed by atoms with Gasteiger partial charge in [-0.15, -0.1) is 0 Å². The Morgan fingerprint density at radius 3 is 2.51 bits per heavy atom. The van der Waals surface area contributed by atoms with Crippen LogP contribution in [0.5, 0.6) is 11.6 Å². The second kappa shape index (κ2) is 13.5. The predicted octanol–water partition coefficient (Wildman–Crippen LogP) is 6.31. The number of carbonyl (C=O) groups excluding carboxylic acids is 1. The van der Waals surface area contributed by atoms with Gasteiger partial charge in [0, 0.05) is 49.7 Å². The van der Waals surface area contributed by atoms with E-state index in [1.807, 2.05) is 50.2 Å². The number of nitriles is 1. The molecule has 43 heavy (non-hydrogen) atoms. The van der Waals surface area contributed by atoms with Crippen LogP contribution in [-0.4, -0.2) is 44.9 Å². The minimum absolute atomic E-state index is 0.206. The van der Waals surface area contributed by atoms with Gasteiger partial charge in [-0.2, -0.15) is 10.2 Å². The van der Waals surface area contributed by atoms with E-state index in [1.165, 1.54) is 6.08 Å². The summed E-state index contributed by atoms with van der Waals surface area (Å²) in [5.41, 5.74) is 11.3. The Balaban J connectivity index is 1.32. The van der Waals surface area contributed by atoms with Gasteiger partial charge in [-0.3, -0.25) is 9.69 Å². The van der Waals surface area contributed by atoms with Crippen LogP contribution in [0.3, 0.4) is 0 Å². The van der Waals surface area contributed by atoms with Crippen LogP contribution in [0.4, 0.5) is 5.95 Å². The molecule has 0 unspecified atom stereocenters. The number of halogens is 1. The lowest BCUT2D eigenvalue weighted by molar-refractivity contribution is 0.1000. The number of nitrogens with two attached hydrogens (primary N) is 1. The van der Waals surface area contributed by atoms with Crippen molar-refractivity contribution >= 4 is 29.5 Å². The van der Waals surface area contributed by atoms with Crippen molar-refractivity contribution in [2.45, 2.75) is 39.3 Å². The molecule has 0 saturated carbocycles. The third-order valence-electron chi connectivity index (χ3n) is 7.39. The topological polar surface area (TPSA) is 130 Å². The van der Waals surface area contributed by atoms with Crippen LogP contribution in [0.15, 0.2) is 67.0 Å². The van der Waals surface area contributed by atoms with Crippen LogP contribution in [0.2, 0.25) is 5.15 Å². The second-order valence-electron chi connectivity index (χ2n) is 10.6. The van der Waals surface area contributed by atoms with Crippen molar-refractivity contribution in [3.63, 3.8) is 0 Å². The fourth-order valence-corrected chi connectivity index (χ4v) is 5.38. The molecule has 5 rings (SSSR count). The Kier molecular flexibility index (Phi) is 9.30. The molecule has 0 atom stereocenters. The molecule has 1 aliphatic heterocycles. The number of anilines is 1. The third kappa shape index (κ3) is 7.55. The lowest BCUT2D eigenvalue weighted by Gasteiger charge is -2.32. The number of aryl methyl sites for hydroxylation is 2. The Morgan fingerprint density at radius 1 is 1.14 bits per heavy atom. The molecule has 1 aliphatic rings. The Bertz CT molecular complexity index is 1670. The summed E-state index contributed by atoms with van der Waals surface area (Å²) >= 11 is 6.20. The molecule has 0 spiro atoms. The van der Waals surface area contributed by atoms with Crippen LogP contribution in [-0.2, 0) is 6.54 Å². The van der Waals surface area contributed by atoms with E-state index >= 15 is 0 Å². The van der Waals surface area contributed by atoms with Gasteiger partial charge in [-0.1, -0.05) is 23.7 Å². The lowest BCUT2D eigenvalue weighted by atomic mass is 10.0. The Morgan fingerprint density at radius 2 is 1.86 bits per heavy atom. The van der Waals surface area contributed by atoms with Crippen LogP contribution in [0.25, 0.3) is 17.2 Å². The van der Waals surface area contributed by atoms with E-state index in [0.29, 0.717) is 33.9 Å². The van der Waals surface area contributed by atoms with E-state index in [-0.39, 0.29) is 6.04 Å². The highest BCUT2D eigenvalue weighted by Crippen LogP contribution is 2.36. The van der Waals surface area contributed by atoms with Gasteiger partial charge in [0.05, 0.1) is 11.6 Å². The molecule has 10 heteroatoms. The molecule has 3 heterocycles. The van der Waals surface area contributed by atoms with Gasteiger partial charge in [0.2, 0.25) is 17.7 Å². The van der Waals surface area contributed by atoms with Gasteiger partial charge < -0.3 is 15.8 Å². The summed E-state index contributed by atoms with van der Waals surface area (Å²) in [6.45, 7) is 6.58. The Hall–Kier alpha value is -4.78. The van der Waals surface area contributed by atoms with Crippen LogP contribution in [0, 0.1) is 25.2 Å². The zero-order chi connectivity index (χ0) is 30.3. The monoisotopic (exact) mass is 593 g/mol. The first kappa shape index (κ1) is 29.7. The lowest BCUT2D eigenvalue weighted by Crippen LogP contribution is -2.39. The quantitative estimate of drug-likeness (QED) is 0.170. The number of hydrogen-bond acceptors (Lipinski definition) is 8. The molecule has 4 aromatic rings. The normalized spacial score (nSPS) is 14.0. The van der Waals surface area contributed by atoms with Gasteiger partial charge in [0.25, 0.3) is 0 Å². The third-order valence-corrected chi connectivity index (χ3v) is 7.60. The number of nitrogens with one attached hydrogen (secondary N) is 1. The molecule has 218 valence electrons. The predicted molar refractivity (Wildman–Crippen MR) is 168 cm³/mol. The van der Waals surface area contributed by atoms with Gasteiger partial charge in [0.15, 0.2) is 0 Å². The number of primary amides is 1. The summed E-state index contributed by atoms with van der Waals surface area (Å²) in [4.78, 5) is 27.3. The SMILES string of the molecule is Cc1cc(C=CC#N)cc(C)c1Oc1nc(NC2CCN(Cc3ccc(C(N)=O)cc3)CC2)ncc1-c1ccnc(Cl)c1. The van der Waals surface area contributed by atoms with Crippen molar-refractivity contribution < 1.29 is 9.53 Å². The first-order chi connectivity index (χ1) is 20.8. The summed E-state index contributed by atoms with van der Waals surface area (Å²) in [6, 6.07) is 17.2. The smallest absolute Gasteiger partial charge is 0.248 e. The first-order valence-corrected chi connectivity index (χ1v) is 14.4. The molecular formula is C33H32ClN7O2. The number of rotatable bonds is 9. The van der Waals surface area contributed by atoms with E-state index < -0.39 is 5.91 Å². The summed E-state index contributed by atoms with van der Waals surface area (Å²) in [7, 11) is 0. The van der Waals surface area contributed by atoms with Crippen molar-refractivity contribution in [3.05, 3.63) is 100.0 Å². The standard InChI is InChI=1S/C33H32ClN7O2/c1-21-16-24(4-3-12-35)17-22(2)30(21)43-32-28(26-9-13-37-29(34)18-26)19-38-33(40-32)39-27-10-14-41(15-11-27)20-23-5-7-25(8-6-23)31(36)42/h3-9,13,16-19,27H,10-11,14-15,20H2,1-2H3,(H2,36,42)(H,38,39,40). The fourth-order valence-electron chi connectivity index (χ4n) is 5.20. The average Bonchev–Trinajstić information content (AvgIpc) is 2.99. The number of nitrogens with zero attached hydrogens (tertiary/aromatic N) is 5. The summed E-state index contributed by atoms with van der Waals surface area (Å²) in [6.07, 6.45) is 8.46. The minimum atomic E-state index is -0.417. The summed E-state index contributed by atoms with van der Waals surface area (Å²) in [5, 5.41) is 12.8. The number of piperidine rings is 1. The van der Waals surface area contributed by atoms with E-state index in [2.05, 4.69) is 20.2 Å². The number of amides is 1. The number of aromatic nitrogens is 3. The number of hydrogen-bond donors (Lipinski definition) is 2. The molecule has 1 saturated heterocycles. The number of benzene rings is 2. The number of allylic oxidation sites excluding steroid dienone is 1. The fraction of sp³-hybridized carbons (Fsp3) is 0.242. The van der Waals surface area contributed by atoms with E-state index in [4.69, 9.17) is 32.3 Å². The molecule has 1 fully saturated rings. The van der Waals surface area contributed by atoms with Crippen LogP contribution in [0.1, 0.15) is 45.5 Å². The summed E-state index contributed by atoms with van der Waals surface area (Å²) in [5.74, 6) is 1.17. The van der Waals surface area contributed by atoms with Crippen molar-refractivity contribution in [1.29, 1.82) is 5.26 Å². The van der Waals surface area contributed by atoms with Gasteiger partial charge >= 0.3 is 0 Å². The Labute approximate surface area is 256 Å². The molecule has 2 aromatic heterocycles. The number of carbonyl (C=O) groups is 1. The number of ether oxygens (including phenoxy) is 1. The van der Waals surface area contributed by atoms with Crippen molar-refractivity contribution in [2.24, 2.45) is 5.73 Å². The minimum Gasteiger partial charge on any atom is -0.438 e. The molecule has 0 aliphatic carbocycles. The summed E-state index contributed by atoms with van der Waals surface area (Å²) < 4.78 is 6.48. The van der Waals surface area contributed by atoms with Gasteiger partial charge in [-0.25, -0.2) is 9.97 Å². The van der Waals surface area contributed by atoms with Crippen molar-refractivity contribution in [2.75, 3.05) is 18.4 Å².